The van der Waals surface area contributed by atoms with Crippen molar-refractivity contribution in [2.24, 2.45) is 0 Å². The molecule has 0 bridgehead atoms. The minimum absolute atomic E-state index is 0.423. The Bertz CT molecular complexity index is 461. The molecular formula is C10H8BrN3O. The number of nitrogen functional groups attached to an aromatic ring is 1. The minimum Gasteiger partial charge on any atom is -0.435 e. The first-order valence-electron chi connectivity index (χ1n) is 4.24. The molecule has 4 nitrogen and oxygen atoms in total. The maximum atomic E-state index is 5.77. The van der Waals surface area contributed by atoms with Crippen LogP contribution in [0.1, 0.15) is 0 Å². The van der Waals surface area contributed by atoms with Crippen LogP contribution in [0.15, 0.2) is 41.3 Å². The number of halogens is 1. The topological polar surface area (TPSA) is 61.0 Å². The first-order valence-corrected chi connectivity index (χ1v) is 5.04. The van der Waals surface area contributed by atoms with Crippen LogP contribution < -0.4 is 10.5 Å². The maximum Gasteiger partial charge on any atom is 0.237 e. The monoisotopic (exact) mass is 265 g/mol. The van der Waals surface area contributed by atoms with Gasteiger partial charge in [0.25, 0.3) is 0 Å². The number of nitrogens with two attached hydrogens (primary N) is 1. The fraction of sp³-hybridized carbons (Fsp3) is 0. The van der Waals surface area contributed by atoms with E-state index in [2.05, 4.69) is 25.9 Å². The fourth-order valence-electron chi connectivity index (χ4n) is 1.06. The highest BCUT2D eigenvalue weighted by Crippen LogP contribution is 2.28. The van der Waals surface area contributed by atoms with Crippen LogP contribution in [-0.2, 0) is 0 Å². The highest BCUT2D eigenvalue weighted by Gasteiger charge is 2.02. The highest BCUT2D eigenvalue weighted by atomic mass is 79.9. The molecule has 0 spiro atoms. The van der Waals surface area contributed by atoms with Crippen LogP contribution in [0.25, 0.3) is 0 Å². The molecule has 0 aliphatic heterocycles. The molecule has 0 saturated carbocycles. The second kappa shape index (κ2) is 4.27. The van der Waals surface area contributed by atoms with Gasteiger partial charge in [0.2, 0.25) is 5.88 Å². The number of rotatable bonds is 2. The lowest BCUT2D eigenvalue weighted by Crippen LogP contribution is -1.93. The van der Waals surface area contributed by atoms with Crippen molar-refractivity contribution in [3.8, 4) is 11.6 Å². The quantitative estimate of drug-likeness (QED) is 0.849. The number of anilines is 1. The van der Waals surface area contributed by atoms with Crippen LogP contribution >= 0.6 is 15.9 Å². The summed E-state index contributed by atoms with van der Waals surface area (Å²) in [5, 5.41) is 0. The number of benzene rings is 1. The van der Waals surface area contributed by atoms with Crippen molar-refractivity contribution < 1.29 is 4.74 Å². The summed E-state index contributed by atoms with van der Waals surface area (Å²) in [5.74, 6) is 0.991. The second-order valence-electron chi connectivity index (χ2n) is 2.83. The number of hydrogen-bond donors (Lipinski definition) is 1. The number of nitrogens with zero attached hydrogens (tertiary/aromatic N) is 2. The van der Waals surface area contributed by atoms with Crippen LogP contribution in [0.4, 0.5) is 5.69 Å². The third kappa shape index (κ3) is 2.44. The minimum atomic E-state index is 0.423. The molecular weight excluding hydrogens is 258 g/mol. The predicted molar refractivity (Wildman–Crippen MR) is 60.7 cm³/mol. The van der Waals surface area contributed by atoms with E-state index < -0.39 is 0 Å². The first kappa shape index (κ1) is 9.92. The Morgan fingerprint density at radius 2 is 2.13 bits per heavy atom. The van der Waals surface area contributed by atoms with Crippen LogP contribution in [0.2, 0.25) is 0 Å². The average Bonchev–Trinajstić information content (AvgIpc) is 2.24. The third-order valence-electron chi connectivity index (χ3n) is 1.73. The molecule has 0 atom stereocenters. The van der Waals surface area contributed by atoms with E-state index in [1.54, 1.807) is 24.5 Å². The Balaban J connectivity index is 2.25. The zero-order valence-corrected chi connectivity index (χ0v) is 9.31. The van der Waals surface area contributed by atoms with Crippen LogP contribution in [0, 0.1) is 0 Å². The molecule has 0 aliphatic rings. The predicted octanol–water partition coefficient (Wildman–Crippen LogP) is 2.61. The van der Waals surface area contributed by atoms with Gasteiger partial charge in [-0.3, -0.25) is 4.98 Å². The summed E-state index contributed by atoms with van der Waals surface area (Å²) < 4.78 is 6.35. The van der Waals surface area contributed by atoms with E-state index in [0.29, 0.717) is 17.3 Å². The molecule has 0 amide bonds. The van der Waals surface area contributed by atoms with Gasteiger partial charge in [-0.1, -0.05) is 15.9 Å². The Kier molecular flexibility index (Phi) is 2.82. The Morgan fingerprint density at radius 1 is 1.27 bits per heavy atom. The van der Waals surface area contributed by atoms with E-state index in [4.69, 9.17) is 10.5 Å². The molecule has 2 N–H and O–H groups in total. The van der Waals surface area contributed by atoms with E-state index in [1.165, 1.54) is 6.20 Å². The van der Waals surface area contributed by atoms with E-state index in [-0.39, 0.29) is 0 Å². The number of hydrogen-bond acceptors (Lipinski definition) is 4. The van der Waals surface area contributed by atoms with Crippen molar-refractivity contribution >= 4 is 21.6 Å². The largest absolute Gasteiger partial charge is 0.435 e. The van der Waals surface area contributed by atoms with Gasteiger partial charge >= 0.3 is 0 Å². The molecule has 15 heavy (non-hydrogen) atoms. The molecule has 1 aromatic carbocycles. The van der Waals surface area contributed by atoms with Gasteiger partial charge in [-0.05, 0) is 18.2 Å². The zero-order valence-electron chi connectivity index (χ0n) is 7.72. The molecule has 76 valence electrons. The average molecular weight is 266 g/mol. The van der Waals surface area contributed by atoms with Crippen LogP contribution in [-0.4, -0.2) is 9.97 Å². The molecule has 0 fully saturated rings. The van der Waals surface area contributed by atoms with Crippen LogP contribution in [0.5, 0.6) is 11.6 Å². The van der Waals surface area contributed by atoms with Crippen molar-refractivity contribution in [3.05, 3.63) is 41.3 Å². The summed E-state index contributed by atoms with van der Waals surface area (Å²) in [6.45, 7) is 0. The Morgan fingerprint density at radius 3 is 2.80 bits per heavy atom. The highest BCUT2D eigenvalue weighted by molar-refractivity contribution is 9.10. The van der Waals surface area contributed by atoms with Crippen LogP contribution in [0.3, 0.4) is 0 Å². The van der Waals surface area contributed by atoms with Gasteiger partial charge < -0.3 is 10.5 Å². The van der Waals surface area contributed by atoms with E-state index >= 15 is 0 Å². The molecule has 5 heteroatoms. The van der Waals surface area contributed by atoms with Gasteiger partial charge in [0.1, 0.15) is 0 Å². The SMILES string of the molecule is Nc1cc(Br)ccc1Oc1cnccn1. The van der Waals surface area contributed by atoms with Gasteiger partial charge in [0.15, 0.2) is 5.75 Å². The summed E-state index contributed by atoms with van der Waals surface area (Å²) in [6, 6.07) is 5.39. The molecule has 2 rings (SSSR count). The van der Waals surface area contributed by atoms with Gasteiger partial charge in [0, 0.05) is 16.9 Å². The van der Waals surface area contributed by atoms with Gasteiger partial charge in [-0.15, -0.1) is 0 Å². The standard InChI is InChI=1S/C10H8BrN3O/c11-7-1-2-9(8(12)5-7)15-10-6-13-3-4-14-10/h1-6H,12H2. The molecule has 0 radical (unpaired) electrons. The van der Waals surface area contributed by atoms with Crippen molar-refractivity contribution in [1.82, 2.24) is 9.97 Å². The van der Waals surface area contributed by atoms with Crippen molar-refractivity contribution in [1.29, 1.82) is 0 Å². The van der Waals surface area contributed by atoms with Crippen molar-refractivity contribution in [2.45, 2.75) is 0 Å². The lowest BCUT2D eigenvalue weighted by molar-refractivity contribution is 0.462. The van der Waals surface area contributed by atoms with Crippen molar-refractivity contribution in [2.75, 3.05) is 5.73 Å². The van der Waals surface area contributed by atoms with E-state index in [1.807, 2.05) is 6.07 Å². The van der Waals surface area contributed by atoms with E-state index in [9.17, 15) is 0 Å². The summed E-state index contributed by atoms with van der Waals surface area (Å²) >= 11 is 3.32. The van der Waals surface area contributed by atoms with Gasteiger partial charge in [-0.2, -0.15) is 0 Å². The number of ether oxygens (including phenoxy) is 1. The summed E-state index contributed by atoms with van der Waals surface area (Å²) in [5.41, 5.74) is 6.32. The smallest absolute Gasteiger partial charge is 0.237 e. The Hall–Kier alpha value is -1.62. The molecule has 1 aromatic heterocycles. The molecule has 0 saturated heterocycles. The fourth-order valence-corrected chi connectivity index (χ4v) is 1.44. The summed E-state index contributed by atoms with van der Waals surface area (Å²) in [6.07, 6.45) is 4.67. The van der Waals surface area contributed by atoms with Crippen molar-refractivity contribution in [3.63, 3.8) is 0 Å². The van der Waals surface area contributed by atoms with Gasteiger partial charge in [0.05, 0.1) is 11.9 Å². The molecule has 2 aromatic rings. The van der Waals surface area contributed by atoms with Gasteiger partial charge in [-0.25, -0.2) is 4.98 Å². The lowest BCUT2D eigenvalue weighted by atomic mass is 10.3. The lowest BCUT2D eigenvalue weighted by Gasteiger charge is -2.06. The van der Waals surface area contributed by atoms with E-state index in [0.717, 1.165) is 4.47 Å². The molecule has 0 aliphatic carbocycles. The maximum absolute atomic E-state index is 5.77. The summed E-state index contributed by atoms with van der Waals surface area (Å²) in [4.78, 5) is 7.88. The molecule has 0 unspecified atom stereocenters. The molecule has 1 heterocycles. The summed E-state index contributed by atoms with van der Waals surface area (Å²) in [7, 11) is 0. The number of aromatic nitrogens is 2. The zero-order chi connectivity index (χ0) is 10.7. The second-order valence-corrected chi connectivity index (χ2v) is 3.74. The third-order valence-corrected chi connectivity index (χ3v) is 2.22. The first-order chi connectivity index (χ1) is 7.25. The Labute approximate surface area is 95.2 Å². The normalized spacial score (nSPS) is 9.93.